The fourth-order valence-corrected chi connectivity index (χ4v) is 2.14. The minimum Gasteiger partial charge on any atom is -0.344 e. The molecule has 0 aromatic carbocycles. The van der Waals surface area contributed by atoms with Gasteiger partial charge in [-0.05, 0) is 38.9 Å². The van der Waals surface area contributed by atoms with Crippen molar-refractivity contribution in [2.75, 3.05) is 75.1 Å². The second-order valence-corrected chi connectivity index (χ2v) is 5.93. The molecule has 1 rings (SSSR count). The molecular weight excluding hydrogens is 306 g/mol. The van der Waals surface area contributed by atoms with Crippen LogP contribution in [0.5, 0.6) is 0 Å². The number of nitrogens with two attached hydrogens (primary N) is 3. The van der Waals surface area contributed by atoms with E-state index in [2.05, 4.69) is 15.0 Å². The highest BCUT2D eigenvalue weighted by atomic mass is 15.4. The molecule has 138 valence electrons. The summed E-state index contributed by atoms with van der Waals surface area (Å²) in [7, 11) is 5.91. The summed E-state index contributed by atoms with van der Waals surface area (Å²) >= 11 is 0. The molecule has 6 N–H and O–H groups in total. The topological polar surface area (TPSA) is 126 Å². The maximum atomic E-state index is 5.60. The number of rotatable bonds is 12. The van der Waals surface area contributed by atoms with Crippen molar-refractivity contribution in [2.45, 2.75) is 19.3 Å². The Morgan fingerprint density at radius 3 is 1.04 bits per heavy atom. The van der Waals surface area contributed by atoms with E-state index < -0.39 is 0 Å². The summed E-state index contributed by atoms with van der Waals surface area (Å²) in [6.45, 7) is 4.33. The summed E-state index contributed by atoms with van der Waals surface area (Å²) in [6.07, 6.45) is 2.66. The van der Waals surface area contributed by atoms with Gasteiger partial charge in [-0.2, -0.15) is 15.0 Å². The van der Waals surface area contributed by atoms with E-state index in [1.807, 2.05) is 35.8 Å². The molecule has 1 aromatic rings. The second kappa shape index (κ2) is 11.0. The molecule has 9 heteroatoms. The third kappa shape index (κ3) is 6.42. The summed E-state index contributed by atoms with van der Waals surface area (Å²) in [5.41, 5.74) is 16.8. The van der Waals surface area contributed by atoms with E-state index in [9.17, 15) is 0 Å². The lowest BCUT2D eigenvalue weighted by Crippen LogP contribution is -2.30. The van der Waals surface area contributed by atoms with Gasteiger partial charge in [-0.1, -0.05) is 0 Å². The molecule has 9 nitrogen and oxygen atoms in total. The summed E-state index contributed by atoms with van der Waals surface area (Å²) in [5, 5.41) is 0. The Balaban J connectivity index is 3.03. The number of hydrogen-bond donors (Lipinski definition) is 3. The highest BCUT2D eigenvalue weighted by molar-refractivity contribution is 5.45. The Kier molecular flexibility index (Phi) is 9.28. The molecule has 1 heterocycles. The zero-order valence-corrected chi connectivity index (χ0v) is 15.3. The van der Waals surface area contributed by atoms with Crippen molar-refractivity contribution in [3.8, 4) is 0 Å². The first-order valence-corrected chi connectivity index (χ1v) is 8.53. The van der Waals surface area contributed by atoms with Crippen molar-refractivity contribution < 1.29 is 0 Å². The molecule has 0 saturated carbocycles. The molecule has 0 aliphatic rings. The van der Waals surface area contributed by atoms with Gasteiger partial charge in [0.15, 0.2) is 0 Å². The van der Waals surface area contributed by atoms with Crippen molar-refractivity contribution in [3.63, 3.8) is 0 Å². The normalized spacial score (nSPS) is 10.8. The number of nitrogens with zero attached hydrogens (tertiary/aromatic N) is 6. The molecule has 0 aliphatic heterocycles. The van der Waals surface area contributed by atoms with Crippen LogP contribution in [0.3, 0.4) is 0 Å². The van der Waals surface area contributed by atoms with Crippen molar-refractivity contribution >= 4 is 17.8 Å². The molecule has 0 amide bonds. The van der Waals surface area contributed by atoms with E-state index in [4.69, 9.17) is 17.2 Å². The molecule has 0 bridgehead atoms. The number of anilines is 3. The molecule has 0 spiro atoms. The van der Waals surface area contributed by atoms with Gasteiger partial charge in [0.05, 0.1) is 0 Å². The summed E-state index contributed by atoms with van der Waals surface area (Å²) in [5.74, 6) is 1.97. The molecule has 0 atom stereocenters. The monoisotopic (exact) mass is 339 g/mol. The highest BCUT2D eigenvalue weighted by Crippen LogP contribution is 2.17. The lowest BCUT2D eigenvalue weighted by atomic mass is 10.4. The van der Waals surface area contributed by atoms with E-state index >= 15 is 0 Å². The molecule has 0 unspecified atom stereocenters. The smallest absolute Gasteiger partial charge is 0.231 e. The van der Waals surface area contributed by atoms with E-state index in [-0.39, 0.29) is 0 Å². The van der Waals surface area contributed by atoms with Gasteiger partial charge in [-0.15, -0.1) is 0 Å². The fraction of sp³-hybridized carbons (Fsp3) is 0.800. The van der Waals surface area contributed by atoms with Gasteiger partial charge in [0, 0.05) is 40.8 Å². The van der Waals surface area contributed by atoms with Crippen molar-refractivity contribution in [1.29, 1.82) is 0 Å². The van der Waals surface area contributed by atoms with E-state index in [1.54, 1.807) is 0 Å². The average Bonchev–Trinajstić information content (AvgIpc) is 2.61. The van der Waals surface area contributed by atoms with Gasteiger partial charge in [0.2, 0.25) is 17.8 Å². The molecule has 0 radical (unpaired) electrons. The maximum absolute atomic E-state index is 5.60. The Bertz CT molecular complexity index is 389. The third-order valence-electron chi connectivity index (χ3n) is 3.72. The van der Waals surface area contributed by atoms with Crippen LogP contribution in [0, 0.1) is 0 Å². The van der Waals surface area contributed by atoms with Crippen LogP contribution >= 0.6 is 0 Å². The second-order valence-electron chi connectivity index (χ2n) is 5.93. The van der Waals surface area contributed by atoms with Gasteiger partial charge in [-0.3, -0.25) is 0 Å². The Morgan fingerprint density at radius 1 is 0.583 bits per heavy atom. The van der Waals surface area contributed by atoms with E-state index in [0.29, 0.717) is 37.5 Å². The predicted octanol–water partition coefficient (Wildman–Crippen LogP) is -0.773. The molecule has 0 aliphatic carbocycles. The van der Waals surface area contributed by atoms with Crippen LogP contribution in [0.4, 0.5) is 17.8 Å². The summed E-state index contributed by atoms with van der Waals surface area (Å²) < 4.78 is 0. The Labute approximate surface area is 145 Å². The summed E-state index contributed by atoms with van der Waals surface area (Å²) in [4.78, 5) is 19.8. The van der Waals surface area contributed by atoms with E-state index in [0.717, 1.165) is 38.9 Å². The largest absolute Gasteiger partial charge is 0.344 e. The molecule has 1 aromatic heterocycles. The van der Waals surface area contributed by atoms with Crippen molar-refractivity contribution in [1.82, 2.24) is 15.0 Å². The molecule has 0 saturated heterocycles. The first-order valence-electron chi connectivity index (χ1n) is 8.53. The minimum atomic E-state index is 0.641. The molecule has 0 fully saturated rings. The fourth-order valence-electron chi connectivity index (χ4n) is 2.14. The van der Waals surface area contributed by atoms with Gasteiger partial charge >= 0.3 is 0 Å². The van der Waals surface area contributed by atoms with Gasteiger partial charge in [0.1, 0.15) is 0 Å². The van der Waals surface area contributed by atoms with Crippen LogP contribution in [0.2, 0.25) is 0 Å². The third-order valence-corrected chi connectivity index (χ3v) is 3.72. The molecule has 24 heavy (non-hydrogen) atoms. The first kappa shape index (κ1) is 20.3. The summed E-state index contributed by atoms with van der Waals surface area (Å²) in [6, 6.07) is 0. The lowest BCUT2D eigenvalue weighted by molar-refractivity contribution is 0.731. The van der Waals surface area contributed by atoms with Crippen LogP contribution in [-0.4, -0.2) is 75.4 Å². The Hall–Kier alpha value is -1.71. The number of aromatic nitrogens is 3. The highest BCUT2D eigenvalue weighted by Gasteiger charge is 2.15. The van der Waals surface area contributed by atoms with Gasteiger partial charge in [0.25, 0.3) is 0 Å². The number of hydrogen-bond acceptors (Lipinski definition) is 9. The Morgan fingerprint density at radius 2 is 0.833 bits per heavy atom. The maximum Gasteiger partial charge on any atom is 0.231 e. The first-order chi connectivity index (χ1) is 11.5. The van der Waals surface area contributed by atoms with Crippen LogP contribution in [0.25, 0.3) is 0 Å². The van der Waals surface area contributed by atoms with Crippen LogP contribution in [0.1, 0.15) is 19.3 Å². The lowest BCUT2D eigenvalue weighted by Gasteiger charge is -2.24. The van der Waals surface area contributed by atoms with Gasteiger partial charge in [-0.25, -0.2) is 0 Å². The van der Waals surface area contributed by atoms with Crippen LogP contribution in [-0.2, 0) is 0 Å². The predicted molar refractivity (Wildman–Crippen MR) is 101 cm³/mol. The van der Waals surface area contributed by atoms with Crippen molar-refractivity contribution in [3.05, 3.63) is 0 Å². The molecular formula is C15H33N9. The zero-order chi connectivity index (χ0) is 17.9. The van der Waals surface area contributed by atoms with E-state index in [1.165, 1.54) is 0 Å². The van der Waals surface area contributed by atoms with Crippen molar-refractivity contribution in [2.24, 2.45) is 17.2 Å². The quantitative estimate of drug-likeness (QED) is 0.449. The average molecular weight is 339 g/mol. The SMILES string of the molecule is CN(CCCN)c1nc(N(C)CCCN)nc(N(C)CCCN)n1. The van der Waals surface area contributed by atoms with Gasteiger partial charge < -0.3 is 31.9 Å². The van der Waals surface area contributed by atoms with Crippen LogP contribution < -0.4 is 31.9 Å². The standard InChI is InChI=1S/C15H33N9/c1-22(10-4-7-16)13-19-14(23(2)11-5-8-17)21-15(20-13)24(3)12-6-9-18/h4-12,16-18H2,1-3H3. The zero-order valence-electron chi connectivity index (χ0n) is 15.3. The van der Waals surface area contributed by atoms with Crippen LogP contribution in [0.15, 0.2) is 0 Å². The minimum absolute atomic E-state index is 0.641.